The third-order valence-corrected chi connectivity index (χ3v) is 5.92. The number of hydrogen-bond donors (Lipinski definition) is 2. The zero-order valence-electron chi connectivity index (χ0n) is 23.2. The van der Waals surface area contributed by atoms with Gasteiger partial charge < -0.3 is 25.0 Å². The van der Waals surface area contributed by atoms with Gasteiger partial charge in [0.2, 0.25) is 5.91 Å². The van der Waals surface area contributed by atoms with Crippen LogP contribution in [0.5, 0.6) is 5.75 Å². The van der Waals surface area contributed by atoms with E-state index >= 15 is 0 Å². The molecule has 2 aromatic carbocycles. The molecule has 0 radical (unpaired) electrons. The minimum Gasteiger partial charge on any atom is -0.497 e. The molecule has 3 atom stereocenters. The molecule has 3 unspecified atom stereocenters. The van der Waals surface area contributed by atoms with E-state index < -0.39 is 23.8 Å². The van der Waals surface area contributed by atoms with Gasteiger partial charge in [-0.25, -0.2) is 4.79 Å². The van der Waals surface area contributed by atoms with Crippen molar-refractivity contribution in [2.24, 2.45) is 5.92 Å². The van der Waals surface area contributed by atoms with Gasteiger partial charge in [-0.1, -0.05) is 51.1 Å². The number of benzene rings is 2. The first kappa shape index (κ1) is 29.7. The van der Waals surface area contributed by atoms with E-state index in [4.69, 9.17) is 9.47 Å². The van der Waals surface area contributed by atoms with Crippen molar-refractivity contribution in [2.75, 3.05) is 12.4 Å². The number of amides is 3. The standard InChI is InChI=1S/C29H41N3O5/c1-9-20(4)32(27(34)24(19(2)3)31-28(35)37-29(5,6)7)25(21-13-11-10-12-14-21)26(33)30-22-15-17-23(36-8)18-16-22/h10-20,24-25H,9H2,1-8H3,(H,30,33)(H,31,35). The maximum absolute atomic E-state index is 14.1. The third kappa shape index (κ3) is 8.51. The Morgan fingerprint density at radius 2 is 1.54 bits per heavy atom. The smallest absolute Gasteiger partial charge is 0.408 e. The maximum atomic E-state index is 14.1. The van der Waals surface area contributed by atoms with Crippen LogP contribution >= 0.6 is 0 Å². The highest BCUT2D eigenvalue weighted by atomic mass is 16.6. The van der Waals surface area contributed by atoms with Crippen molar-refractivity contribution in [3.05, 3.63) is 60.2 Å². The van der Waals surface area contributed by atoms with Gasteiger partial charge in [-0.05, 0) is 69.9 Å². The topological polar surface area (TPSA) is 97.0 Å². The summed E-state index contributed by atoms with van der Waals surface area (Å²) in [4.78, 5) is 42.1. The Balaban J connectivity index is 2.48. The van der Waals surface area contributed by atoms with Crippen LogP contribution in [0.4, 0.5) is 10.5 Å². The number of carbonyl (C=O) groups excluding carboxylic acids is 3. The van der Waals surface area contributed by atoms with E-state index in [1.54, 1.807) is 57.0 Å². The maximum Gasteiger partial charge on any atom is 0.408 e. The average molecular weight is 512 g/mol. The summed E-state index contributed by atoms with van der Waals surface area (Å²) in [7, 11) is 1.57. The number of hydrogen-bond acceptors (Lipinski definition) is 5. The molecular weight excluding hydrogens is 470 g/mol. The fourth-order valence-corrected chi connectivity index (χ4v) is 3.86. The zero-order valence-corrected chi connectivity index (χ0v) is 23.2. The molecule has 0 fully saturated rings. The molecule has 202 valence electrons. The van der Waals surface area contributed by atoms with Crippen LogP contribution in [0, 0.1) is 5.92 Å². The summed E-state index contributed by atoms with van der Waals surface area (Å²) in [6.45, 7) is 12.9. The Morgan fingerprint density at radius 1 is 0.946 bits per heavy atom. The minimum absolute atomic E-state index is 0.243. The molecule has 0 saturated carbocycles. The number of rotatable bonds is 10. The Hall–Kier alpha value is -3.55. The number of nitrogens with zero attached hydrogens (tertiary/aromatic N) is 1. The largest absolute Gasteiger partial charge is 0.497 e. The molecule has 0 saturated heterocycles. The van der Waals surface area contributed by atoms with Gasteiger partial charge in [-0.3, -0.25) is 9.59 Å². The lowest BCUT2D eigenvalue weighted by Crippen LogP contribution is -2.56. The molecule has 0 spiro atoms. The Labute approximate surface area is 220 Å². The molecule has 2 N–H and O–H groups in total. The van der Waals surface area contributed by atoms with Crippen LogP contribution in [0.2, 0.25) is 0 Å². The Morgan fingerprint density at radius 3 is 2.03 bits per heavy atom. The lowest BCUT2D eigenvalue weighted by atomic mass is 9.96. The first-order valence-electron chi connectivity index (χ1n) is 12.7. The fourth-order valence-electron chi connectivity index (χ4n) is 3.86. The predicted molar refractivity (Wildman–Crippen MR) is 145 cm³/mol. The van der Waals surface area contributed by atoms with Crippen molar-refractivity contribution in [1.29, 1.82) is 0 Å². The number of alkyl carbamates (subject to hydrolysis) is 1. The predicted octanol–water partition coefficient (Wildman–Crippen LogP) is 5.55. The van der Waals surface area contributed by atoms with Gasteiger partial charge in [0.1, 0.15) is 23.4 Å². The van der Waals surface area contributed by atoms with Crippen molar-refractivity contribution in [3.8, 4) is 5.75 Å². The van der Waals surface area contributed by atoms with Crippen LogP contribution in [0.3, 0.4) is 0 Å². The average Bonchev–Trinajstić information content (AvgIpc) is 2.84. The monoisotopic (exact) mass is 511 g/mol. The van der Waals surface area contributed by atoms with Gasteiger partial charge in [-0.2, -0.15) is 0 Å². The summed E-state index contributed by atoms with van der Waals surface area (Å²) in [5.41, 5.74) is 0.535. The van der Waals surface area contributed by atoms with Crippen LogP contribution in [0.25, 0.3) is 0 Å². The van der Waals surface area contributed by atoms with Gasteiger partial charge in [0.15, 0.2) is 0 Å². The molecule has 8 heteroatoms. The molecule has 0 aliphatic carbocycles. The van der Waals surface area contributed by atoms with E-state index in [1.165, 1.54) is 0 Å². The van der Waals surface area contributed by atoms with E-state index in [2.05, 4.69) is 10.6 Å². The molecule has 8 nitrogen and oxygen atoms in total. The SMILES string of the molecule is CCC(C)N(C(=O)C(NC(=O)OC(C)(C)C)C(C)C)C(C(=O)Nc1ccc(OC)cc1)c1ccccc1. The lowest BCUT2D eigenvalue weighted by Gasteiger charge is -2.39. The second kappa shape index (κ2) is 13.1. The van der Waals surface area contributed by atoms with Crippen molar-refractivity contribution in [1.82, 2.24) is 10.2 Å². The number of nitrogens with one attached hydrogen (secondary N) is 2. The van der Waals surface area contributed by atoms with Crippen molar-refractivity contribution in [2.45, 2.75) is 78.6 Å². The number of ether oxygens (including phenoxy) is 2. The molecule has 0 aliphatic heterocycles. The van der Waals surface area contributed by atoms with Crippen LogP contribution in [0.15, 0.2) is 54.6 Å². The van der Waals surface area contributed by atoms with Gasteiger partial charge in [0.25, 0.3) is 5.91 Å². The number of carbonyl (C=O) groups is 3. The molecule has 2 aromatic rings. The molecule has 3 amide bonds. The summed E-state index contributed by atoms with van der Waals surface area (Å²) in [6.07, 6.45) is -0.0649. The summed E-state index contributed by atoms with van der Waals surface area (Å²) in [5, 5.41) is 5.69. The Kier molecular flexibility index (Phi) is 10.5. The van der Waals surface area contributed by atoms with Gasteiger partial charge in [0, 0.05) is 11.7 Å². The summed E-state index contributed by atoms with van der Waals surface area (Å²) >= 11 is 0. The second-order valence-electron chi connectivity index (χ2n) is 10.4. The summed E-state index contributed by atoms with van der Waals surface area (Å²) in [6, 6.07) is 14.1. The molecular formula is C29H41N3O5. The molecule has 37 heavy (non-hydrogen) atoms. The highest BCUT2D eigenvalue weighted by Crippen LogP contribution is 2.28. The van der Waals surface area contributed by atoms with E-state index in [0.717, 1.165) is 0 Å². The molecule has 0 aliphatic rings. The first-order valence-corrected chi connectivity index (χ1v) is 12.7. The van der Waals surface area contributed by atoms with Crippen LogP contribution in [-0.4, -0.2) is 47.6 Å². The van der Waals surface area contributed by atoms with Crippen molar-refractivity contribution < 1.29 is 23.9 Å². The molecule has 0 aromatic heterocycles. The summed E-state index contributed by atoms with van der Waals surface area (Å²) < 4.78 is 10.6. The highest BCUT2D eigenvalue weighted by molar-refractivity contribution is 5.99. The number of methoxy groups -OCH3 is 1. The summed E-state index contributed by atoms with van der Waals surface area (Å²) in [5.74, 6) is -0.284. The van der Waals surface area contributed by atoms with E-state index in [-0.39, 0.29) is 23.8 Å². The van der Waals surface area contributed by atoms with E-state index in [1.807, 2.05) is 58.0 Å². The van der Waals surface area contributed by atoms with Crippen LogP contribution < -0.4 is 15.4 Å². The van der Waals surface area contributed by atoms with Crippen molar-refractivity contribution >= 4 is 23.6 Å². The highest BCUT2D eigenvalue weighted by Gasteiger charge is 2.39. The van der Waals surface area contributed by atoms with Gasteiger partial charge >= 0.3 is 6.09 Å². The molecule has 0 bridgehead atoms. The zero-order chi connectivity index (χ0) is 27.8. The Bertz CT molecular complexity index is 1030. The molecule has 0 heterocycles. The lowest BCUT2D eigenvalue weighted by molar-refractivity contribution is -0.144. The van der Waals surface area contributed by atoms with Gasteiger partial charge in [-0.15, -0.1) is 0 Å². The quantitative estimate of drug-likeness (QED) is 0.436. The third-order valence-electron chi connectivity index (χ3n) is 5.92. The van der Waals surface area contributed by atoms with Gasteiger partial charge in [0.05, 0.1) is 7.11 Å². The van der Waals surface area contributed by atoms with Crippen molar-refractivity contribution in [3.63, 3.8) is 0 Å². The van der Waals surface area contributed by atoms with Crippen LogP contribution in [0.1, 0.15) is 66.5 Å². The minimum atomic E-state index is -0.924. The normalized spacial score (nSPS) is 13.8. The van der Waals surface area contributed by atoms with E-state index in [9.17, 15) is 14.4 Å². The van der Waals surface area contributed by atoms with E-state index in [0.29, 0.717) is 23.4 Å². The van der Waals surface area contributed by atoms with Crippen LogP contribution in [-0.2, 0) is 14.3 Å². The first-order chi connectivity index (χ1) is 17.4. The second-order valence-corrected chi connectivity index (χ2v) is 10.4. The molecule has 2 rings (SSSR count). The fraction of sp³-hybridized carbons (Fsp3) is 0.483. The number of anilines is 1.